The van der Waals surface area contributed by atoms with E-state index in [1.54, 1.807) is 18.2 Å². The minimum absolute atomic E-state index is 0.0637. The molecular weight excluding hydrogens is 479 g/mol. The van der Waals surface area contributed by atoms with E-state index < -0.39 is 20.0 Å². The number of anilines is 2. The predicted molar refractivity (Wildman–Crippen MR) is 116 cm³/mol. The monoisotopic (exact) mass is 490 g/mol. The Balaban J connectivity index is 1.82. The van der Waals surface area contributed by atoms with E-state index in [0.29, 0.717) is 0 Å². The van der Waals surface area contributed by atoms with E-state index in [-0.39, 0.29) is 36.2 Å². The van der Waals surface area contributed by atoms with Crippen LogP contribution in [0, 0.1) is 0 Å². The predicted octanol–water partition coefficient (Wildman–Crippen LogP) is 5.25. The quantitative estimate of drug-likeness (QED) is 0.493. The Morgan fingerprint density at radius 3 is 1.76 bits per heavy atom. The Morgan fingerprint density at radius 1 is 0.621 bits per heavy atom. The van der Waals surface area contributed by atoms with E-state index in [4.69, 9.17) is 34.8 Å². The molecule has 0 fully saturated rings. The van der Waals surface area contributed by atoms with Gasteiger partial charge in [0.25, 0.3) is 20.0 Å². The number of sulfonamides is 2. The largest absolute Gasteiger partial charge is 0.280 e. The van der Waals surface area contributed by atoms with Crippen LogP contribution >= 0.6 is 34.8 Å². The van der Waals surface area contributed by atoms with Crippen LogP contribution in [0.3, 0.4) is 0 Å². The molecule has 0 aliphatic rings. The van der Waals surface area contributed by atoms with Crippen LogP contribution in [0.5, 0.6) is 0 Å². The molecular formula is C18H13Cl3N2O4S2. The lowest BCUT2D eigenvalue weighted by Gasteiger charge is -2.11. The van der Waals surface area contributed by atoms with Gasteiger partial charge in [0.2, 0.25) is 0 Å². The van der Waals surface area contributed by atoms with Crippen molar-refractivity contribution in [2.24, 2.45) is 0 Å². The molecule has 0 radical (unpaired) electrons. The minimum atomic E-state index is -3.96. The van der Waals surface area contributed by atoms with Crippen LogP contribution in [0.2, 0.25) is 15.1 Å². The van der Waals surface area contributed by atoms with Crippen LogP contribution in [0.1, 0.15) is 0 Å². The first-order valence-electron chi connectivity index (χ1n) is 7.93. The molecule has 3 aromatic rings. The fourth-order valence-electron chi connectivity index (χ4n) is 2.35. The molecule has 6 nitrogen and oxygen atoms in total. The molecule has 0 atom stereocenters. The van der Waals surface area contributed by atoms with Crippen LogP contribution in [-0.4, -0.2) is 16.8 Å². The molecule has 0 amide bonds. The van der Waals surface area contributed by atoms with Gasteiger partial charge in [-0.15, -0.1) is 0 Å². The summed E-state index contributed by atoms with van der Waals surface area (Å²) in [6.07, 6.45) is 0. The van der Waals surface area contributed by atoms with E-state index in [1.807, 2.05) is 0 Å². The van der Waals surface area contributed by atoms with Gasteiger partial charge in [-0.3, -0.25) is 9.44 Å². The number of halogens is 3. The highest BCUT2D eigenvalue weighted by molar-refractivity contribution is 7.93. The molecule has 0 heterocycles. The normalized spacial score (nSPS) is 11.8. The molecule has 29 heavy (non-hydrogen) atoms. The van der Waals surface area contributed by atoms with Crippen molar-refractivity contribution >= 4 is 66.2 Å². The first-order chi connectivity index (χ1) is 13.6. The fraction of sp³-hybridized carbons (Fsp3) is 0. The summed E-state index contributed by atoms with van der Waals surface area (Å²) in [6, 6.07) is 15.5. The molecule has 0 unspecified atom stereocenters. The lowest BCUT2D eigenvalue weighted by Crippen LogP contribution is -2.15. The first kappa shape index (κ1) is 21.7. The van der Waals surface area contributed by atoms with Gasteiger partial charge in [-0.2, -0.15) is 0 Å². The van der Waals surface area contributed by atoms with Gasteiger partial charge in [-0.25, -0.2) is 16.8 Å². The lowest BCUT2D eigenvalue weighted by atomic mass is 10.3. The zero-order valence-corrected chi connectivity index (χ0v) is 18.3. The summed E-state index contributed by atoms with van der Waals surface area (Å²) in [5.74, 6) is 0. The van der Waals surface area contributed by atoms with E-state index in [2.05, 4.69) is 9.44 Å². The number of rotatable bonds is 6. The molecule has 0 bridgehead atoms. The van der Waals surface area contributed by atoms with Gasteiger partial charge < -0.3 is 0 Å². The maximum Gasteiger partial charge on any atom is 0.261 e. The van der Waals surface area contributed by atoms with Crippen LogP contribution in [0.4, 0.5) is 11.4 Å². The molecule has 11 heteroatoms. The Hall–Kier alpha value is -1.97. The minimum Gasteiger partial charge on any atom is -0.280 e. The summed E-state index contributed by atoms with van der Waals surface area (Å²) in [6.45, 7) is 0. The average molecular weight is 492 g/mol. The van der Waals surface area contributed by atoms with Crippen molar-refractivity contribution in [1.82, 2.24) is 0 Å². The number of hydrogen-bond acceptors (Lipinski definition) is 4. The average Bonchev–Trinajstić information content (AvgIpc) is 2.63. The lowest BCUT2D eigenvalue weighted by molar-refractivity contribution is 0.600. The van der Waals surface area contributed by atoms with Gasteiger partial charge in [-0.05, 0) is 54.6 Å². The summed E-state index contributed by atoms with van der Waals surface area (Å²) < 4.78 is 54.7. The van der Waals surface area contributed by atoms with Crippen LogP contribution in [0.25, 0.3) is 0 Å². The zero-order valence-electron chi connectivity index (χ0n) is 14.4. The van der Waals surface area contributed by atoms with Gasteiger partial charge >= 0.3 is 0 Å². The molecule has 2 N–H and O–H groups in total. The summed E-state index contributed by atoms with van der Waals surface area (Å²) >= 11 is 17.7. The highest BCUT2D eigenvalue weighted by atomic mass is 35.5. The van der Waals surface area contributed by atoms with Crippen molar-refractivity contribution in [1.29, 1.82) is 0 Å². The van der Waals surface area contributed by atoms with Crippen molar-refractivity contribution in [2.75, 3.05) is 9.44 Å². The van der Waals surface area contributed by atoms with Crippen molar-refractivity contribution in [3.8, 4) is 0 Å². The number of hydrogen-bond donors (Lipinski definition) is 2. The van der Waals surface area contributed by atoms with E-state index >= 15 is 0 Å². The topological polar surface area (TPSA) is 92.3 Å². The van der Waals surface area contributed by atoms with E-state index in [1.165, 1.54) is 48.5 Å². The third-order valence-electron chi connectivity index (χ3n) is 3.68. The van der Waals surface area contributed by atoms with Crippen molar-refractivity contribution in [3.63, 3.8) is 0 Å². The van der Waals surface area contributed by atoms with Crippen LogP contribution in [-0.2, 0) is 20.0 Å². The summed E-state index contributed by atoms with van der Waals surface area (Å²) in [5, 5.41) is 0.593. The maximum atomic E-state index is 12.5. The highest BCUT2D eigenvalue weighted by Gasteiger charge is 2.18. The molecule has 3 rings (SSSR count). The third-order valence-corrected chi connectivity index (χ3v) is 7.19. The fourth-order valence-corrected chi connectivity index (χ4v) is 5.45. The SMILES string of the molecule is O=S(=O)(Nc1ccc(S(=O)(=O)Nc2ccccc2Cl)cc1)c1cc(Cl)cc(Cl)c1. The summed E-state index contributed by atoms with van der Waals surface area (Å²) in [5.41, 5.74) is 0.398. The van der Waals surface area contributed by atoms with Gasteiger partial charge in [0.05, 0.1) is 20.5 Å². The molecule has 0 aliphatic carbocycles. The number of benzene rings is 3. The summed E-state index contributed by atoms with van der Waals surface area (Å²) in [4.78, 5) is -0.182. The molecule has 0 spiro atoms. The Bertz CT molecular complexity index is 1240. The standard InChI is InChI=1S/C18H13Cl3N2O4S2/c19-12-9-13(20)11-16(10-12)29(26,27)22-14-5-7-15(8-6-14)28(24,25)23-18-4-2-1-3-17(18)21/h1-11,22-23H. The van der Waals surface area contributed by atoms with Gasteiger partial charge in [0.1, 0.15) is 0 Å². The maximum absolute atomic E-state index is 12.5. The third kappa shape index (κ3) is 5.34. The van der Waals surface area contributed by atoms with Crippen molar-refractivity contribution < 1.29 is 16.8 Å². The Kier molecular flexibility index (Phi) is 6.30. The molecule has 152 valence electrons. The van der Waals surface area contributed by atoms with Gasteiger partial charge in [0, 0.05) is 15.7 Å². The number of nitrogens with one attached hydrogen (secondary N) is 2. The highest BCUT2D eigenvalue weighted by Crippen LogP contribution is 2.26. The molecule has 0 aromatic heterocycles. The molecule has 0 saturated carbocycles. The summed E-state index contributed by atoms with van der Waals surface area (Å²) in [7, 11) is -7.87. The van der Waals surface area contributed by atoms with Crippen molar-refractivity contribution in [2.45, 2.75) is 9.79 Å². The molecule has 0 aliphatic heterocycles. The smallest absolute Gasteiger partial charge is 0.261 e. The van der Waals surface area contributed by atoms with Gasteiger partial charge in [0.15, 0.2) is 0 Å². The first-order valence-corrected chi connectivity index (χ1v) is 12.0. The van der Waals surface area contributed by atoms with E-state index in [0.717, 1.165) is 0 Å². The second-order valence-corrected chi connectivity index (χ2v) is 10.5. The van der Waals surface area contributed by atoms with Crippen LogP contribution in [0.15, 0.2) is 76.5 Å². The number of para-hydroxylation sites is 1. The van der Waals surface area contributed by atoms with E-state index in [9.17, 15) is 16.8 Å². The second kappa shape index (κ2) is 8.41. The van der Waals surface area contributed by atoms with Gasteiger partial charge in [-0.1, -0.05) is 46.9 Å². The molecule has 0 saturated heterocycles. The second-order valence-electron chi connectivity index (χ2n) is 5.82. The zero-order chi connectivity index (χ0) is 21.2. The molecule has 3 aromatic carbocycles. The van der Waals surface area contributed by atoms with Crippen molar-refractivity contribution in [3.05, 3.63) is 81.8 Å². The Morgan fingerprint density at radius 2 is 1.17 bits per heavy atom. The Labute approximate surface area is 183 Å². The van der Waals surface area contributed by atoms with Crippen LogP contribution < -0.4 is 9.44 Å².